The quantitative estimate of drug-likeness (QED) is 0.695. The topological polar surface area (TPSA) is 46.6 Å². The average molecular weight is 239 g/mol. The van der Waals surface area contributed by atoms with Crippen LogP contribution in [-0.4, -0.2) is 37.5 Å². The molecule has 0 aromatic heterocycles. The second-order valence-corrected chi connectivity index (χ2v) is 5.43. The molecule has 17 heavy (non-hydrogen) atoms. The number of carbonyl (C=O) groups is 2. The number of rotatable bonds is 4. The number of hydrogen-bond donors (Lipinski definition) is 0. The van der Waals surface area contributed by atoms with Crippen molar-refractivity contribution in [1.29, 1.82) is 0 Å². The van der Waals surface area contributed by atoms with Gasteiger partial charge in [-0.25, -0.2) is 0 Å². The van der Waals surface area contributed by atoms with E-state index in [2.05, 4.69) is 4.74 Å². The molecule has 2 fully saturated rings. The third-order valence-corrected chi connectivity index (χ3v) is 4.22. The zero-order valence-corrected chi connectivity index (χ0v) is 10.8. The van der Waals surface area contributed by atoms with E-state index in [1.54, 1.807) is 18.9 Å². The molecule has 0 N–H and O–H groups in total. The fourth-order valence-electron chi connectivity index (χ4n) is 3.22. The Morgan fingerprint density at radius 3 is 2.47 bits per heavy atom. The summed E-state index contributed by atoms with van der Waals surface area (Å²) >= 11 is 0. The monoisotopic (exact) mass is 239 g/mol. The van der Waals surface area contributed by atoms with Crippen molar-refractivity contribution in [1.82, 2.24) is 4.90 Å². The maximum Gasteiger partial charge on any atom is 0.310 e. The number of amides is 1. The van der Waals surface area contributed by atoms with E-state index in [0.29, 0.717) is 18.4 Å². The van der Waals surface area contributed by atoms with Gasteiger partial charge in [-0.05, 0) is 24.7 Å². The molecular formula is C13H21NO3. The highest BCUT2D eigenvalue weighted by Gasteiger charge is 2.57. The van der Waals surface area contributed by atoms with Gasteiger partial charge in [-0.3, -0.25) is 9.59 Å². The molecule has 2 aliphatic carbocycles. The average Bonchev–Trinajstić information content (AvgIpc) is 2.79. The molecule has 0 aromatic rings. The van der Waals surface area contributed by atoms with E-state index in [0.717, 1.165) is 0 Å². The van der Waals surface area contributed by atoms with Gasteiger partial charge < -0.3 is 9.64 Å². The number of ether oxygens (including phenoxy) is 1. The minimum absolute atomic E-state index is 0.218. The van der Waals surface area contributed by atoms with E-state index >= 15 is 0 Å². The van der Waals surface area contributed by atoms with Crippen LogP contribution in [0.1, 0.15) is 26.2 Å². The van der Waals surface area contributed by atoms with Crippen LogP contribution in [0.25, 0.3) is 0 Å². The van der Waals surface area contributed by atoms with Crippen LogP contribution < -0.4 is 0 Å². The first kappa shape index (κ1) is 12.4. The van der Waals surface area contributed by atoms with E-state index in [-0.39, 0.29) is 23.7 Å². The Balaban J connectivity index is 1.82. The van der Waals surface area contributed by atoms with Gasteiger partial charge in [-0.2, -0.15) is 0 Å². The first-order chi connectivity index (χ1) is 8.06. The van der Waals surface area contributed by atoms with E-state index < -0.39 is 0 Å². The fraction of sp³-hybridized carbons (Fsp3) is 0.846. The summed E-state index contributed by atoms with van der Waals surface area (Å²) < 4.78 is 4.67. The minimum atomic E-state index is -0.249. The molecule has 3 unspecified atom stereocenters. The lowest BCUT2D eigenvalue weighted by Gasteiger charge is -2.21. The molecule has 1 amide bonds. The summed E-state index contributed by atoms with van der Waals surface area (Å²) in [6.07, 6.45) is 3.70. The molecule has 4 heteroatoms. The lowest BCUT2D eigenvalue weighted by Crippen LogP contribution is -2.35. The van der Waals surface area contributed by atoms with Gasteiger partial charge in [0, 0.05) is 19.5 Å². The molecule has 2 rings (SSSR count). The van der Waals surface area contributed by atoms with E-state index in [1.807, 2.05) is 0 Å². The number of fused-ring (bicyclic) bond motifs is 1. The zero-order chi connectivity index (χ0) is 12.6. The predicted molar refractivity (Wildman–Crippen MR) is 63.1 cm³/mol. The van der Waals surface area contributed by atoms with E-state index in [1.165, 1.54) is 26.4 Å². The number of methoxy groups -OCH3 is 1. The van der Waals surface area contributed by atoms with Gasteiger partial charge in [-0.1, -0.05) is 13.3 Å². The van der Waals surface area contributed by atoms with Gasteiger partial charge in [0.05, 0.1) is 13.0 Å². The lowest BCUT2D eigenvalue weighted by molar-refractivity contribution is -0.146. The largest absolute Gasteiger partial charge is 0.469 e. The van der Waals surface area contributed by atoms with Gasteiger partial charge in [0.15, 0.2) is 0 Å². The maximum absolute atomic E-state index is 12.1. The number of nitrogens with zero attached hydrogens (tertiary/aromatic N) is 1. The summed E-state index contributed by atoms with van der Waals surface area (Å²) in [6.45, 7) is 2.25. The van der Waals surface area contributed by atoms with Crippen molar-refractivity contribution in [2.75, 3.05) is 20.7 Å². The molecule has 96 valence electrons. The van der Waals surface area contributed by atoms with Crippen LogP contribution in [0.15, 0.2) is 0 Å². The molecule has 0 radical (unpaired) electrons. The van der Waals surface area contributed by atoms with Crippen molar-refractivity contribution in [2.24, 2.45) is 23.7 Å². The van der Waals surface area contributed by atoms with Crippen LogP contribution in [0.2, 0.25) is 0 Å². The molecule has 0 saturated heterocycles. The highest BCUT2D eigenvalue weighted by molar-refractivity contribution is 5.83. The van der Waals surface area contributed by atoms with Crippen molar-refractivity contribution in [2.45, 2.75) is 26.2 Å². The Bertz CT molecular complexity index is 319. The van der Waals surface area contributed by atoms with Crippen molar-refractivity contribution in [3.63, 3.8) is 0 Å². The van der Waals surface area contributed by atoms with E-state index in [9.17, 15) is 9.59 Å². The molecule has 0 aromatic carbocycles. The smallest absolute Gasteiger partial charge is 0.310 e. The van der Waals surface area contributed by atoms with Crippen molar-refractivity contribution in [3.8, 4) is 0 Å². The van der Waals surface area contributed by atoms with Crippen molar-refractivity contribution in [3.05, 3.63) is 0 Å². The standard InChI is InChI=1S/C13H21NO3/c1-8(13(16)17-3)7-14(2)12(15)11-9-5-4-6-10(9)11/h8-11H,4-7H2,1-3H3. The molecule has 2 aliphatic rings. The number of esters is 1. The zero-order valence-electron chi connectivity index (χ0n) is 10.8. The molecule has 0 aliphatic heterocycles. The third kappa shape index (κ3) is 2.31. The Kier molecular flexibility index (Phi) is 3.40. The van der Waals surface area contributed by atoms with Crippen LogP contribution in [-0.2, 0) is 14.3 Å². The van der Waals surface area contributed by atoms with Crippen LogP contribution in [0, 0.1) is 23.7 Å². The molecule has 3 atom stereocenters. The fourth-order valence-corrected chi connectivity index (χ4v) is 3.22. The van der Waals surface area contributed by atoms with Crippen molar-refractivity contribution < 1.29 is 14.3 Å². The Morgan fingerprint density at radius 2 is 1.94 bits per heavy atom. The summed E-state index contributed by atoms with van der Waals surface area (Å²) in [5, 5.41) is 0. The van der Waals surface area contributed by atoms with Gasteiger partial charge in [0.25, 0.3) is 0 Å². The normalized spacial score (nSPS) is 31.6. The van der Waals surface area contributed by atoms with E-state index in [4.69, 9.17) is 0 Å². The molecule has 0 bridgehead atoms. The van der Waals surface area contributed by atoms with Gasteiger partial charge in [0.2, 0.25) is 5.91 Å². The number of hydrogen-bond acceptors (Lipinski definition) is 3. The SMILES string of the molecule is COC(=O)C(C)CN(C)C(=O)C1C2CCCC21. The highest BCUT2D eigenvalue weighted by atomic mass is 16.5. The van der Waals surface area contributed by atoms with Gasteiger partial charge >= 0.3 is 5.97 Å². The summed E-state index contributed by atoms with van der Waals surface area (Å²) in [4.78, 5) is 25.1. The van der Waals surface area contributed by atoms with Crippen LogP contribution in [0.4, 0.5) is 0 Å². The second-order valence-electron chi connectivity index (χ2n) is 5.43. The highest BCUT2D eigenvalue weighted by Crippen LogP contribution is 2.58. The summed E-state index contributed by atoms with van der Waals surface area (Å²) in [7, 11) is 3.17. The Morgan fingerprint density at radius 1 is 1.35 bits per heavy atom. The lowest BCUT2D eigenvalue weighted by atomic mass is 10.1. The first-order valence-corrected chi connectivity index (χ1v) is 6.39. The Hall–Kier alpha value is -1.06. The molecular weight excluding hydrogens is 218 g/mol. The van der Waals surface area contributed by atoms with Gasteiger partial charge in [0.1, 0.15) is 0 Å². The van der Waals surface area contributed by atoms with Crippen molar-refractivity contribution >= 4 is 11.9 Å². The molecule has 2 saturated carbocycles. The number of carbonyl (C=O) groups excluding carboxylic acids is 2. The van der Waals surface area contributed by atoms with Gasteiger partial charge in [-0.15, -0.1) is 0 Å². The summed E-state index contributed by atoms with van der Waals surface area (Å²) in [6, 6.07) is 0. The molecule has 0 heterocycles. The molecule has 4 nitrogen and oxygen atoms in total. The van der Waals surface area contributed by atoms with Crippen LogP contribution in [0.3, 0.4) is 0 Å². The summed E-state index contributed by atoms with van der Waals surface area (Å²) in [5.74, 6) is 1.25. The summed E-state index contributed by atoms with van der Waals surface area (Å²) in [5.41, 5.74) is 0. The minimum Gasteiger partial charge on any atom is -0.469 e. The third-order valence-electron chi connectivity index (χ3n) is 4.22. The van der Waals surface area contributed by atoms with Crippen LogP contribution in [0.5, 0.6) is 0 Å². The molecule has 0 spiro atoms. The van der Waals surface area contributed by atoms with Crippen LogP contribution >= 0.6 is 0 Å². The maximum atomic E-state index is 12.1. The first-order valence-electron chi connectivity index (χ1n) is 6.39. The Labute approximate surface area is 102 Å². The second kappa shape index (κ2) is 4.67. The predicted octanol–water partition coefficient (Wildman–Crippen LogP) is 1.30.